The van der Waals surface area contributed by atoms with Gasteiger partial charge in [0.2, 0.25) is 0 Å². The van der Waals surface area contributed by atoms with E-state index in [4.69, 9.17) is 9.84 Å². The van der Waals surface area contributed by atoms with Crippen molar-refractivity contribution in [2.24, 2.45) is 0 Å². The van der Waals surface area contributed by atoms with E-state index in [0.717, 1.165) is 37.9 Å². The molecule has 1 aromatic heterocycles. The van der Waals surface area contributed by atoms with E-state index in [-0.39, 0.29) is 17.5 Å². The SMILES string of the molecule is O=C(O)c1cnc(OC2CCCC2)c([N+](=O)[O-])c1. The molecule has 2 rings (SSSR count). The molecule has 1 saturated carbocycles. The molecule has 1 aromatic rings. The minimum absolute atomic E-state index is 0.0631. The molecular formula is C11H12N2O5. The van der Waals surface area contributed by atoms with Crippen molar-refractivity contribution < 1.29 is 19.6 Å². The number of carboxylic acid groups (broad SMARTS) is 1. The number of carbonyl (C=O) groups is 1. The van der Waals surface area contributed by atoms with Crippen molar-refractivity contribution in [2.45, 2.75) is 31.8 Å². The summed E-state index contributed by atoms with van der Waals surface area (Å²) in [6.07, 6.45) is 4.77. The summed E-state index contributed by atoms with van der Waals surface area (Å²) in [7, 11) is 0. The predicted molar refractivity (Wildman–Crippen MR) is 60.7 cm³/mol. The molecule has 0 spiro atoms. The maximum absolute atomic E-state index is 10.9. The zero-order chi connectivity index (χ0) is 13.1. The minimum atomic E-state index is -1.25. The summed E-state index contributed by atoms with van der Waals surface area (Å²) in [5.41, 5.74) is -0.623. The topological polar surface area (TPSA) is 103 Å². The van der Waals surface area contributed by atoms with E-state index in [0.29, 0.717) is 0 Å². The van der Waals surface area contributed by atoms with Crippen LogP contribution in [0.3, 0.4) is 0 Å². The number of aromatic carboxylic acids is 1. The largest absolute Gasteiger partial charge is 0.478 e. The maximum Gasteiger partial charge on any atom is 0.337 e. The summed E-state index contributed by atoms with van der Waals surface area (Å²) in [6.45, 7) is 0. The van der Waals surface area contributed by atoms with Gasteiger partial charge >= 0.3 is 11.7 Å². The summed E-state index contributed by atoms with van der Waals surface area (Å²) in [6, 6.07) is 0.972. The van der Waals surface area contributed by atoms with Gasteiger partial charge in [-0.05, 0) is 25.7 Å². The number of aromatic nitrogens is 1. The summed E-state index contributed by atoms with van der Waals surface area (Å²) < 4.78 is 5.46. The normalized spacial score (nSPS) is 15.6. The highest BCUT2D eigenvalue weighted by atomic mass is 16.6. The molecule has 1 aliphatic rings. The Kier molecular flexibility index (Phi) is 3.40. The van der Waals surface area contributed by atoms with Gasteiger partial charge in [0.05, 0.1) is 10.5 Å². The van der Waals surface area contributed by atoms with E-state index in [1.165, 1.54) is 0 Å². The van der Waals surface area contributed by atoms with Crippen molar-refractivity contribution in [3.63, 3.8) is 0 Å². The highest BCUT2D eigenvalue weighted by Crippen LogP contribution is 2.29. The van der Waals surface area contributed by atoms with Crippen molar-refractivity contribution in [2.75, 3.05) is 0 Å². The zero-order valence-corrected chi connectivity index (χ0v) is 9.54. The van der Waals surface area contributed by atoms with E-state index in [2.05, 4.69) is 4.98 Å². The Bertz CT molecular complexity index is 482. The van der Waals surface area contributed by atoms with Gasteiger partial charge in [0.15, 0.2) is 0 Å². The van der Waals surface area contributed by atoms with Gasteiger partial charge in [-0.3, -0.25) is 10.1 Å². The number of ether oxygens (including phenoxy) is 1. The first-order chi connectivity index (χ1) is 8.58. The fraction of sp³-hybridized carbons (Fsp3) is 0.455. The Hall–Kier alpha value is -2.18. The highest BCUT2D eigenvalue weighted by molar-refractivity contribution is 5.88. The molecule has 0 aromatic carbocycles. The molecule has 0 bridgehead atoms. The first kappa shape index (κ1) is 12.3. The average molecular weight is 252 g/mol. The van der Waals surface area contributed by atoms with E-state index in [1.807, 2.05) is 0 Å². The second-order valence-electron chi connectivity index (χ2n) is 4.13. The number of hydrogen-bond acceptors (Lipinski definition) is 5. The van der Waals surface area contributed by atoms with Crippen molar-refractivity contribution in [1.82, 2.24) is 4.98 Å². The molecule has 1 fully saturated rings. The number of pyridine rings is 1. The van der Waals surface area contributed by atoms with Gasteiger partial charge in [-0.15, -0.1) is 0 Å². The Morgan fingerprint density at radius 2 is 2.17 bits per heavy atom. The van der Waals surface area contributed by atoms with Crippen LogP contribution in [0.5, 0.6) is 5.88 Å². The second kappa shape index (κ2) is 4.99. The smallest absolute Gasteiger partial charge is 0.337 e. The number of nitro groups is 1. The highest BCUT2D eigenvalue weighted by Gasteiger charge is 2.24. The molecule has 18 heavy (non-hydrogen) atoms. The zero-order valence-electron chi connectivity index (χ0n) is 9.54. The molecule has 0 aliphatic heterocycles. The summed E-state index contributed by atoms with van der Waals surface area (Å²) in [5, 5.41) is 19.6. The summed E-state index contributed by atoms with van der Waals surface area (Å²) >= 11 is 0. The molecule has 96 valence electrons. The third kappa shape index (κ3) is 2.55. The van der Waals surface area contributed by atoms with Crippen LogP contribution in [0.15, 0.2) is 12.3 Å². The minimum Gasteiger partial charge on any atom is -0.478 e. The Balaban J connectivity index is 2.28. The van der Waals surface area contributed by atoms with Crippen molar-refractivity contribution in [3.8, 4) is 5.88 Å². The number of carboxylic acids is 1. The van der Waals surface area contributed by atoms with Gasteiger partial charge < -0.3 is 9.84 Å². The molecule has 0 atom stereocenters. The lowest BCUT2D eigenvalue weighted by molar-refractivity contribution is -0.386. The lowest BCUT2D eigenvalue weighted by Gasteiger charge is -2.11. The molecule has 0 unspecified atom stereocenters. The molecular weight excluding hydrogens is 240 g/mol. The van der Waals surface area contributed by atoms with Crippen molar-refractivity contribution in [1.29, 1.82) is 0 Å². The van der Waals surface area contributed by atoms with Gasteiger partial charge in [0, 0.05) is 12.3 Å². The van der Waals surface area contributed by atoms with Gasteiger partial charge in [-0.2, -0.15) is 0 Å². The fourth-order valence-electron chi connectivity index (χ4n) is 1.94. The van der Waals surface area contributed by atoms with E-state index in [1.54, 1.807) is 0 Å². The van der Waals surface area contributed by atoms with Gasteiger partial charge in [0.1, 0.15) is 6.10 Å². The number of hydrogen-bond donors (Lipinski definition) is 1. The predicted octanol–water partition coefficient (Wildman–Crippen LogP) is 2.01. The van der Waals surface area contributed by atoms with Crippen LogP contribution < -0.4 is 4.74 Å². The average Bonchev–Trinajstić information content (AvgIpc) is 2.81. The Morgan fingerprint density at radius 3 is 2.72 bits per heavy atom. The molecule has 1 aliphatic carbocycles. The van der Waals surface area contributed by atoms with E-state index in [9.17, 15) is 14.9 Å². The second-order valence-corrected chi connectivity index (χ2v) is 4.13. The molecule has 0 radical (unpaired) electrons. The first-order valence-electron chi connectivity index (χ1n) is 5.62. The first-order valence-corrected chi connectivity index (χ1v) is 5.62. The van der Waals surface area contributed by atoms with Crippen LogP contribution >= 0.6 is 0 Å². The molecule has 0 saturated heterocycles. The quantitative estimate of drug-likeness (QED) is 0.649. The third-order valence-corrected chi connectivity index (χ3v) is 2.86. The third-order valence-electron chi connectivity index (χ3n) is 2.86. The molecule has 1 N–H and O–H groups in total. The molecule has 7 nitrogen and oxygen atoms in total. The number of nitrogens with zero attached hydrogens (tertiary/aromatic N) is 2. The Morgan fingerprint density at radius 1 is 1.50 bits per heavy atom. The van der Waals surface area contributed by atoms with Crippen LogP contribution in [0.25, 0.3) is 0 Å². The van der Waals surface area contributed by atoms with Crippen molar-refractivity contribution in [3.05, 3.63) is 27.9 Å². The standard InChI is InChI=1S/C11H12N2O5/c14-11(15)7-5-9(13(16)17)10(12-6-7)18-8-3-1-2-4-8/h5-6,8H,1-4H2,(H,14,15). The number of rotatable bonds is 4. The molecule has 1 heterocycles. The molecule has 7 heteroatoms. The lowest BCUT2D eigenvalue weighted by atomic mass is 10.2. The van der Waals surface area contributed by atoms with Gasteiger partial charge in [-0.1, -0.05) is 0 Å². The van der Waals surface area contributed by atoms with Crippen LogP contribution in [0.2, 0.25) is 0 Å². The monoisotopic (exact) mass is 252 g/mol. The fourth-order valence-corrected chi connectivity index (χ4v) is 1.94. The van der Waals surface area contributed by atoms with Crippen LogP contribution in [0.1, 0.15) is 36.0 Å². The van der Waals surface area contributed by atoms with E-state index < -0.39 is 16.6 Å². The van der Waals surface area contributed by atoms with Gasteiger partial charge in [0.25, 0.3) is 5.88 Å². The summed E-state index contributed by atoms with van der Waals surface area (Å²) in [4.78, 5) is 24.7. The van der Waals surface area contributed by atoms with Gasteiger partial charge in [-0.25, -0.2) is 9.78 Å². The van der Waals surface area contributed by atoms with Crippen LogP contribution in [-0.2, 0) is 0 Å². The Labute approximate surface area is 103 Å². The summed E-state index contributed by atoms with van der Waals surface area (Å²) in [5.74, 6) is -1.35. The van der Waals surface area contributed by atoms with Crippen LogP contribution in [0.4, 0.5) is 5.69 Å². The maximum atomic E-state index is 10.9. The lowest BCUT2D eigenvalue weighted by Crippen LogP contribution is -2.13. The van der Waals surface area contributed by atoms with E-state index >= 15 is 0 Å². The molecule has 0 amide bonds. The van der Waals surface area contributed by atoms with Crippen LogP contribution in [0, 0.1) is 10.1 Å². The van der Waals surface area contributed by atoms with Crippen molar-refractivity contribution >= 4 is 11.7 Å². The van der Waals surface area contributed by atoms with Crippen LogP contribution in [-0.4, -0.2) is 27.1 Å².